The number of hydrogen-bond acceptors (Lipinski definition) is 3. The number of halogens is 2. The van der Waals surface area contributed by atoms with Gasteiger partial charge in [0, 0.05) is 6.26 Å². The van der Waals surface area contributed by atoms with Crippen LogP contribution in [0.15, 0.2) is 21.5 Å². The lowest BCUT2D eigenvalue weighted by molar-refractivity contribution is 0.240. The van der Waals surface area contributed by atoms with E-state index >= 15 is 0 Å². The fraction of sp³-hybridized carbons (Fsp3) is 0.400. The van der Waals surface area contributed by atoms with Gasteiger partial charge in [-0.3, -0.25) is 0 Å². The molecule has 0 aliphatic heterocycles. The number of ether oxygens (including phenoxy) is 1. The summed E-state index contributed by atoms with van der Waals surface area (Å²) in [6, 6.07) is 3.15. The fourth-order valence-corrected chi connectivity index (χ4v) is 4.06. The van der Waals surface area contributed by atoms with Crippen LogP contribution in [0.2, 0.25) is 5.02 Å². The van der Waals surface area contributed by atoms with Crippen LogP contribution in [0.4, 0.5) is 0 Å². The molecule has 0 saturated carbocycles. The van der Waals surface area contributed by atoms with Gasteiger partial charge in [0.05, 0.1) is 15.6 Å². The molecule has 6 heteroatoms. The average molecular weight is 328 g/mol. The summed E-state index contributed by atoms with van der Waals surface area (Å²) in [5.74, 6) is 0.472. The van der Waals surface area contributed by atoms with Gasteiger partial charge in [-0.25, -0.2) is 8.42 Å². The lowest BCUT2D eigenvalue weighted by atomic mass is 10.3. The van der Waals surface area contributed by atoms with Crippen molar-refractivity contribution in [1.82, 2.24) is 0 Å². The van der Waals surface area contributed by atoms with Gasteiger partial charge in [-0.05, 0) is 41.9 Å². The highest BCUT2D eigenvalue weighted by molar-refractivity contribution is 9.10. The zero-order valence-corrected chi connectivity index (χ0v) is 12.3. The third kappa shape index (κ3) is 3.12. The van der Waals surface area contributed by atoms with Crippen molar-refractivity contribution < 1.29 is 13.2 Å². The summed E-state index contributed by atoms with van der Waals surface area (Å²) in [5.41, 5.74) is 0. The van der Waals surface area contributed by atoms with Gasteiger partial charge in [0.2, 0.25) is 0 Å². The van der Waals surface area contributed by atoms with E-state index in [0.29, 0.717) is 10.2 Å². The molecule has 0 heterocycles. The molecule has 0 N–H and O–H groups in total. The standard InChI is InChI=1S/C10H12BrClO3S/c1-6(2)15-8-5-4-7(12)10(9(8)11)16(3,13)14/h4-6H,1-3H3. The third-order valence-electron chi connectivity index (χ3n) is 1.75. The first-order valence-electron chi connectivity index (χ1n) is 4.58. The summed E-state index contributed by atoms with van der Waals surface area (Å²) < 4.78 is 28.9. The Hall–Kier alpha value is -0.260. The molecule has 0 aromatic heterocycles. The topological polar surface area (TPSA) is 43.4 Å². The van der Waals surface area contributed by atoms with E-state index in [-0.39, 0.29) is 16.0 Å². The Morgan fingerprint density at radius 1 is 1.38 bits per heavy atom. The molecule has 3 nitrogen and oxygen atoms in total. The molecular weight excluding hydrogens is 316 g/mol. The first-order chi connectivity index (χ1) is 7.23. The van der Waals surface area contributed by atoms with Crippen molar-refractivity contribution in [2.75, 3.05) is 6.26 Å². The summed E-state index contributed by atoms with van der Waals surface area (Å²) >= 11 is 9.07. The van der Waals surface area contributed by atoms with Gasteiger partial charge < -0.3 is 4.74 Å². The third-order valence-corrected chi connectivity index (χ3v) is 4.39. The predicted molar refractivity (Wildman–Crippen MR) is 68.0 cm³/mol. The molecule has 0 atom stereocenters. The summed E-state index contributed by atoms with van der Waals surface area (Å²) in [6.07, 6.45) is 1.07. The maximum Gasteiger partial charge on any atom is 0.178 e. The Balaban J connectivity index is 3.39. The van der Waals surface area contributed by atoms with Crippen LogP contribution in [0.3, 0.4) is 0 Å². The molecule has 0 aliphatic carbocycles. The quantitative estimate of drug-likeness (QED) is 0.855. The van der Waals surface area contributed by atoms with Crippen LogP contribution in [0.5, 0.6) is 5.75 Å². The van der Waals surface area contributed by atoms with Crippen LogP contribution in [0.1, 0.15) is 13.8 Å². The first-order valence-corrected chi connectivity index (χ1v) is 7.64. The summed E-state index contributed by atoms with van der Waals surface area (Å²) in [5, 5.41) is 0.186. The van der Waals surface area contributed by atoms with Crippen molar-refractivity contribution in [1.29, 1.82) is 0 Å². The van der Waals surface area contributed by atoms with E-state index in [2.05, 4.69) is 15.9 Å². The molecular formula is C10H12BrClO3S. The Kier molecular flexibility index (Phi) is 4.26. The van der Waals surface area contributed by atoms with Crippen molar-refractivity contribution in [3.8, 4) is 5.75 Å². The minimum atomic E-state index is -3.38. The van der Waals surface area contributed by atoms with Crippen molar-refractivity contribution in [2.24, 2.45) is 0 Å². The van der Waals surface area contributed by atoms with Crippen LogP contribution < -0.4 is 4.74 Å². The zero-order chi connectivity index (χ0) is 12.5. The van der Waals surface area contributed by atoms with Crippen molar-refractivity contribution in [3.63, 3.8) is 0 Å². The summed E-state index contributed by atoms with van der Waals surface area (Å²) in [6.45, 7) is 3.72. The predicted octanol–water partition coefficient (Wildman–Crippen LogP) is 3.29. The monoisotopic (exact) mass is 326 g/mol. The van der Waals surface area contributed by atoms with E-state index in [4.69, 9.17) is 16.3 Å². The Morgan fingerprint density at radius 3 is 2.38 bits per heavy atom. The van der Waals surface area contributed by atoms with Gasteiger partial charge in [-0.2, -0.15) is 0 Å². The van der Waals surface area contributed by atoms with Gasteiger partial charge >= 0.3 is 0 Å². The van der Waals surface area contributed by atoms with E-state index in [1.165, 1.54) is 6.07 Å². The fourth-order valence-electron chi connectivity index (χ4n) is 1.20. The Bertz CT molecular complexity index is 497. The maximum absolute atomic E-state index is 11.5. The van der Waals surface area contributed by atoms with E-state index in [0.717, 1.165) is 6.26 Å². The van der Waals surface area contributed by atoms with Crippen molar-refractivity contribution in [2.45, 2.75) is 24.8 Å². The SMILES string of the molecule is CC(C)Oc1ccc(Cl)c(S(C)(=O)=O)c1Br. The highest BCUT2D eigenvalue weighted by Gasteiger charge is 2.20. The number of benzene rings is 1. The highest BCUT2D eigenvalue weighted by atomic mass is 79.9. The van der Waals surface area contributed by atoms with Gasteiger partial charge in [0.1, 0.15) is 10.6 Å². The number of rotatable bonds is 3. The van der Waals surface area contributed by atoms with Crippen LogP contribution in [-0.2, 0) is 9.84 Å². The van der Waals surface area contributed by atoms with E-state index < -0.39 is 9.84 Å². The zero-order valence-electron chi connectivity index (χ0n) is 9.12. The normalized spacial score (nSPS) is 11.9. The molecule has 1 rings (SSSR count). The van der Waals surface area contributed by atoms with Crippen LogP contribution >= 0.6 is 27.5 Å². The minimum absolute atomic E-state index is 0.0371. The maximum atomic E-state index is 11.5. The lowest BCUT2D eigenvalue weighted by Gasteiger charge is -2.14. The average Bonchev–Trinajstić information content (AvgIpc) is 2.07. The van der Waals surface area contributed by atoms with Crippen LogP contribution in [0, 0.1) is 0 Å². The van der Waals surface area contributed by atoms with E-state index in [1.807, 2.05) is 13.8 Å². The van der Waals surface area contributed by atoms with E-state index in [9.17, 15) is 8.42 Å². The molecule has 90 valence electrons. The molecule has 0 spiro atoms. The van der Waals surface area contributed by atoms with Gasteiger partial charge in [0.25, 0.3) is 0 Å². The Labute approximate surface area is 109 Å². The van der Waals surface area contributed by atoms with Crippen molar-refractivity contribution in [3.05, 3.63) is 21.6 Å². The van der Waals surface area contributed by atoms with Gasteiger partial charge in [-0.1, -0.05) is 11.6 Å². The van der Waals surface area contributed by atoms with Crippen molar-refractivity contribution >= 4 is 37.4 Å². The molecule has 0 radical (unpaired) electrons. The lowest BCUT2D eigenvalue weighted by Crippen LogP contribution is -2.08. The molecule has 0 bridgehead atoms. The molecule has 0 aliphatic rings. The summed E-state index contributed by atoms with van der Waals surface area (Å²) in [7, 11) is -3.38. The molecule has 1 aromatic rings. The number of hydrogen-bond donors (Lipinski definition) is 0. The van der Waals surface area contributed by atoms with Gasteiger partial charge in [0.15, 0.2) is 9.84 Å². The molecule has 0 fully saturated rings. The number of sulfone groups is 1. The van der Waals surface area contributed by atoms with E-state index in [1.54, 1.807) is 6.07 Å². The second-order valence-electron chi connectivity index (χ2n) is 3.63. The van der Waals surface area contributed by atoms with Gasteiger partial charge in [-0.15, -0.1) is 0 Å². The van der Waals surface area contributed by atoms with Crippen LogP contribution in [0.25, 0.3) is 0 Å². The van der Waals surface area contributed by atoms with Crippen LogP contribution in [-0.4, -0.2) is 20.8 Å². The molecule has 1 aromatic carbocycles. The molecule has 0 saturated heterocycles. The second kappa shape index (κ2) is 4.94. The Morgan fingerprint density at radius 2 is 1.94 bits per heavy atom. The summed E-state index contributed by atoms with van der Waals surface area (Å²) in [4.78, 5) is 0.0623. The molecule has 0 unspecified atom stereocenters. The molecule has 16 heavy (non-hydrogen) atoms. The largest absolute Gasteiger partial charge is 0.490 e. The smallest absolute Gasteiger partial charge is 0.178 e. The minimum Gasteiger partial charge on any atom is -0.490 e. The highest BCUT2D eigenvalue weighted by Crippen LogP contribution is 2.37. The molecule has 0 amide bonds. The second-order valence-corrected chi connectivity index (χ2v) is 6.78. The first kappa shape index (κ1) is 13.8.